The first-order valence-corrected chi connectivity index (χ1v) is 4.26. The number of nitrogens with one attached hydrogen (secondary N) is 1. The number of hydrogen-bond donors (Lipinski definition) is 2. The second-order valence-corrected chi connectivity index (χ2v) is 3.30. The first-order chi connectivity index (χ1) is 6.26. The van der Waals surface area contributed by atoms with Gasteiger partial charge in [-0.2, -0.15) is 0 Å². The maximum Gasteiger partial charge on any atom is 0.123 e. The van der Waals surface area contributed by atoms with Crippen LogP contribution in [0.2, 0.25) is 0 Å². The molecule has 1 aliphatic heterocycles. The van der Waals surface area contributed by atoms with Crippen LogP contribution in [0.5, 0.6) is 0 Å². The Bertz CT molecular complexity index is 337. The highest BCUT2D eigenvalue weighted by molar-refractivity contribution is 5.63. The molecule has 0 radical (unpaired) electrons. The van der Waals surface area contributed by atoms with Crippen molar-refractivity contribution in [3.63, 3.8) is 0 Å². The van der Waals surface area contributed by atoms with E-state index >= 15 is 0 Å². The number of aldehydes is 1. The number of para-hydroxylation sites is 1. The second-order valence-electron chi connectivity index (χ2n) is 3.30. The molecule has 1 heterocycles. The number of carbonyl (C=O) groups is 1. The maximum atomic E-state index is 10.4. The van der Waals surface area contributed by atoms with Crippen LogP contribution in [0.4, 0.5) is 5.69 Å². The molecule has 2 N–H and O–H groups in total. The lowest BCUT2D eigenvalue weighted by molar-refractivity contribution is -0.112. The van der Waals surface area contributed by atoms with Gasteiger partial charge in [0, 0.05) is 24.2 Å². The third kappa shape index (κ3) is 1.21. The molecule has 1 aromatic rings. The minimum Gasteiger partial charge on any atom is -0.383 e. The average molecular weight is 177 g/mol. The van der Waals surface area contributed by atoms with Crippen molar-refractivity contribution >= 4 is 12.0 Å². The lowest BCUT2D eigenvalue weighted by Crippen LogP contribution is -2.28. The van der Waals surface area contributed by atoms with Gasteiger partial charge in [-0.25, -0.2) is 0 Å². The number of hydrogen-bond acceptors (Lipinski definition) is 3. The number of rotatable bonds is 2. The second kappa shape index (κ2) is 2.85. The molecule has 68 valence electrons. The first kappa shape index (κ1) is 8.26. The highest BCUT2D eigenvalue weighted by atomic mass is 16.3. The summed E-state index contributed by atoms with van der Waals surface area (Å²) in [5, 5.41) is 13.1. The Hall–Kier alpha value is -1.35. The number of anilines is 1. The van der Waals surface area contributed by atoms with E-state index in [2.05, 4.69) is 5.32 Å². The Morgan fingerprint density at radius 1 is 1.54 bits per heavy atom. The van der Waals surface area contributed by atoms with Gasteiger partial charge in [-0.15, -0.1) is 0 Å². The minimum atomic E-state index is -1.00. The number of fused-ring (bicyclic) bond motifs is 1. The first-order valence-electron chi connectivity index (χ1n) is 4.26. The summed E-state index contributed by atoms with van der Waals surface area (Å²) < 4.78 is 0. The van der Waals surface area contributed by atoms with Crippen molar-refractivity contribution in [2.45, 2.75) is 12.0 Å². The van der Waals surface area contributed by atoms with Gasteiger partial charge in [-0.3, -0.25) is 0 Å². The molecule has 3 heteroatoms. The molecule has 0 fully saturated rings. The molecule has 1 unspecified atom stereocenters. The Kier molecular flexibility index (Phi) is 1.81. The van der Waals surface area contributed by atoms with E-state index in [4.69, 9.17) is 0 Å². The van der Waals surface area contributed by atoms with Crippen molar-refractivity contribution in [3.8, 4) is 0 Å². The van der Waals surface area contributed by atoms with Crippen LogP contribution in [-0.2, 0) is 10.4 Å². The van der Waals surface area contributed by atoms with E-state index in [1.165, 1.54) is 0 Å². The summed E-state index contributed by atoms with van der Waals surface area (Å²) in [5.41, 5.74) is 0.743. The summed E-state index contributed by atoms with van der Waals surface area (Å²) in [6, 6.07) is 7.51. The molecule has 0 amide bonds. The summed E-state index contributed by atoms with van der Waals surface area (Å²) in [6.07, 6.45) is 0.904. The van der Waals surface area contributed by atoms with Gasteiger partial charge >= 0.3 is 0 Å². The molecule has 1 aromatic carbocycles. The molecule has 0 aromatic heterocycles. The fraction of sp³-hybridized carbons (Fsp3) is 0.300. The van der Waals surface area contributed by atoms with Gasteiger partial charge in [0.25, 0.3) is 0 Å². The van der Waals surface area contributed by atoms with Crippen LogP contribution in [-0.4, -0.2) is 17.9 Å². The molecule has 0 aliphatic carbocycles. The molecule has 1 aliphatic rings. The van der Waals surface area contributed by atoms with Crippen molar-refractivity contribution < 1.29 is 9.90 Å². The van der Waals surface area contributed by atoms with Crippen LogP contribution in [0, 0.1) is 0 Å². The summed E-state index contributed by atoms with van der Waals surface area (Å²) in [6.45, 7) is 0.422. The normalized spacial score (nSPS) is 25.0. The predicted molar refractivity (Wildman–Crippen MR) is 49.5 cm³/mol. The summed E-state index contributed by atoms with van der Waals surface area (Å²) >= 11 is 0. The topological polar surface area (TPSA) is 49.3 Å². The van der Waals surface area contributed by atoms with E-state index in [9.17, 15) is 9.90 Å². The smallest absolute Gasteiger partial charge is 0.123 e. The van der Waals surface area contributed by atoms with Gasteiger partial charge in [0.15, 0.2) is 0 Å². The van der Waals surface area contributed by atoms with Gasteiger partial charge in [0.1, 0.15) is 11.9 Å². The third-order valence-corrected chi connectivity index (χ3v) is 2.42. The third-order valence-electron chi connectivity index (χ3n) is 2.42. The molecular weight excluding hydrogens is 166 g/mol. The largest absolute Gasteiger partial charge is 0.383 e. The number of aliphatic hydroxyl groups is 1. The number of β-amino-alcohol motifs (C(OH)–C–C–N with tert-alkyl or cyclic N) is 1. The van der Waals surface area contributed by atoms with Crippen molar-refractivity contribution in [2.75, 3.05) is 11.9 Å². The van der Waals surface area contributed by atoms with Gasteiger partial charge in [0.2, 0.25) is 0 Å². The maximum absolute atomic E-state index is 10.4. The van der Waals surface area contributed by atoms with Gasteiger partial charge in [-0.05, 0) is 6.07 Å². The van der Waals surface area contributed by atoms with Crippen LogP contribution in [0.3, 0.4) is 0 Å². The van der Waals surface area contributed by atoms with Crippen molar-refractivity contribution in [1.29, 1.82) is 0 Å². The van der Waals surface area contributed by atoms with E-state index in [-0.39, 0.29) is 6.42 Å². The van der Waals surface area contributed by atoms with Crippen LogP contribution in [0.15, 0.2) is 24.3 Å². The van der Waals surface area contributed by atoms with Crippen molar-refractivity contribution in [3.05, 3.63) is 29.8 Å². The minimum absolute atomic E-state index is 0.150. The van der Waals surface area contributed by atoms with E-state index in [1.807, 2.05) is 24.3 Å². The predicted octanol–water partition coefficient (Wildman–Crippen LogP) is 0.889. The lowest BCUT2D eigenvalue weighted by Gasteiger charge is -2.19. The Balaban J connectivity index is 2.42. The fourth-order valence-corrected chi connectivity index (χ4v) is 1.70. The van der Waals surface area contributed by atoms with E-state index < -0.39 is 5.60 Å². The Labute approximate surface area is 76.4 Å². The monoisotopic (exact) mass is 177 g/mol. The van der Waals surface area contributed by atoms with Crippen LogP contribution < -0.4 is 5.32 Å². The van der Waals surface area contributed by atoms with E-state index in [0.29, 0.717) is 6.54 Å². The zero-order valence-electron chi connectivity index (χ0n) is 7.16. The molecule has 0 spiro atoms. The van der Waals surface area contributed by atoms with Gasteiger partial charge in [-0.1, -0.05) is 18.2 Å². The van der Waals surface area contributed by atoms with Gasteiger partial charge < -0.3 is 15.2 Å². The van der Waals surface area contributed by atoms with Gasteiger partial charge in [0.05, 0.1) is 0 Å². The summed E-state index contributed by atoms with van der Waals surface area (Å²) in [4.78, 5) is 10.4. The van der Waals surface area contributed by atoms with Crippen LogP contribution in [0.1, 0.15) is 12.0 Å². The SMILES string of the molecule is O=CCC1(O)CNc2ccccc21. The highest BCUT2D eigenvalue weighted by Gasteiger charge is 2.35. The van der Waals surface area contributed by atoms with Crippen LogP contribution >= 0.6 is 0 Å². The van der Waals surface area contributed by atoms with E-state index in [1.54, 1.807) is 0 Å². The molecule has 0 saturated heterocycles. The summed E-state index contributed by atoms with van der Waals surface area (Å²) in [7, 11) is 0. The molecular formula is C10H11NO2. The zero-order chi connectivity index (χ0) is 9.31. The van der Waals surface area contributed by atoms with Crippen molar-refractivity contribution in [2.24, 2.45) is 0 Å². The quantitative estimate of drug-likeness (QED) is 0.659. The molecule has 1 atom stereocenters. The molecule has 13 heavy (non-hydrogen) atoms. The molecule has 2 rings (SSSR count). The zero-order valence-corrected chi connectivity index (χ0v) is 7.16. The Morgan fingerprint density at radius 2 is 2.31 bits per heavy atom. The molecule has 0 saturated carbocycles. The van der Waals surface area contributed by atoms with E-state index in [0.717, 1.165) is 17.5 Å². The lowest BCUT2D eigenvalue weighted by atomic mass is 9.93. The molecule has 3 nitrogen and oxygen atoms in total. The average Bonchev–Trinajstić information content (AvgIpc) is 2.46. The Morgan fingerprint density at radius 3 is 3.08 bits per heavy atom. The van der Waals surface area contributed by atoms with Crippen molar-refractivity contribution in [1.82, 2.24) is 0 Å². The van der Waals surface area contributed by atoms with Crippen LogP contribution in [0.25, 0.3) is 0 Å². The summed E-state index contributed by atoms with van der Waals surface area (Å²) in [5.74, 6) is 0. The number of benzene rings is 1. The highest BCUT2D eigenvalue weighted by Crippen LogP contribution is 2.36. The standard InChI is InChI=1S/C10H11NO2/c12-6-5-10(13)7-11-9-4-2-1-3-8(9)10/h1-4,6,11,13H,5,7H2. The molecule has 0 bridgehead atoms. The fourth-order valence-electron chi connectivity index (χ4n) is 1.70. The number of carbonyl (C=O) groups excluding carboxylic acids is 1.